The van der Waals surface area contributed by atoms with Gasteiger partial charge in [-0.3, -0.25) is 0 Å². The van der Waals surface area contributed by atoms with E-state index in [1.807, 2.05) is 27.9 Å². The summed E-state index contributed by atoms with van der Waals surface area (Å²) in [4.78, 5) is 14.2. The molecule has 0 bridgehead atoms. The predicted octanol–water partition coefficient (Wildman–Crippen LogP) is 2.49. The van der Waals surface area contributed by atoms with Gasteiger partial charge in [0.1, 0.15) is 5.75 Å². The van der Waals surface area contributed by atoms with E-state index >= 15 is 0 Å². The summed E-state index contributed by atoms with van der Waals surface area (Å²) in [7, 11) is 1.57. The molecule has 8 heteroatoms. The fourth-order valence-corrected chi connectivity index (χ4v) is 3.07. The predicted molar refractivity (Wildman–Crippen MR) is 90.1 cm³/mol. The number of likely N-dealkylation sites (tertiary alicyclic amines) is 1. The third-order valence-corrected chi connectivity index (χ3v) is 4.47. The summed E-state index contributed by atoms with van der Waals surface area (Å²) in [5.41, 5.74) is 0.939. The van der Waals surface area contributed by atoms with Crippen molar-refractivity contribution in [3.63, 3.8) is 0 Å². The average Bonchev–Trinajstić information content (AvgIpc) is 3.15. The molecule has 1 saturated heterocycles. The van der Waals surface area contributed by atoms with Crippen LogP contribution >= 0.6 is 11.6 Å². The van der Waals surface area contributed by atoms with Gasteiger partial charge in [-0.25, -0.2) is 9.48 Å². The molecule has 0 saturated carbocycles. The van der Waals surface area contributed by atoms with Crippen molar-refractivity contribution in [3.8, 4) is 5.75 Å². The topological polar surface area (TPSA) is 72.3 Å². The number of hydrogen-bond acceptors (Lipinski definition) is 4. The van der Waals surface area contributed by atoms with E-state index in [-0.39, 0.29) is 12.1 Å². The third kappa shape index (κ3) is 3.79. The van der Waals surface area contributed by atoms with E-state index in [1.54, 1.807) is 19.4 Å². The molecule has 1 aromatic heterocycles. The number of piperidine rings is 1. The first-order chi connectivity index (χ1) is 11.7. The summed E-state index contributed by atoms with van der Waals surface area (Å²) in [6, 6.07) is 5.58. The molecule has 24 heavy (non-hydrogen) atoms. The van der Waals surface area contributed by atoms with E-state index in [1.165, 1.54) is 0 Å². The quantitative estimate of drug-likeness (QED) is 0.920. The van der Waals surface area contributed by atoms with E-state index in [0.29, 0.717) is 23.9 Å². The number of nitrogens with zero attached hydrogens (tertiary/aromatic N) is 4. The molecule has 0 spiro atoms. The number of nitrogens with one attached hydrogen (secondary N) is 1. The molecular weight excluding hydrogens is 330 g/mol. The van der Waals surface area contributed by atoms with Crippen LogP contribution in [0.15, 0.2) is 30.6 Å². The highest BCUT2D eigenvalue weighted by Crippen LogP contribution is 2.25. The van der Waals surface area contributed by atoms with Crippen LogP contribution in [-0.2, 0) is 6.54 Å². The number of ether oxygens (including phenoxy) is 1. The minimum absolute atomic E-state index is 0.0752. The van der Waals surface area contributed by atoms with Crippen LogP contribution in [0.4, 0.5) is 4.79 Å². The van der Waals surface area contributed by atoms with Crippen molar-refractivity contribution in [2.75, 3.05) is 20.2 Å². The van der Waals surface area contributed by atoms with Gasteiger partial charge in [-0.1, -0.05) is 22.9 Å². The van der Waals surface area contributed by atoms with Gasteiger partial charge < -0.3 is 15.0 Å². The highest BCUT2D eigenvalue weighted by Gasteiger charge is 2.25. The van der Waals surface area contributed by atoms with Gasteiger partial charge in [-0.2, -0.15) is 0 Å². The Morgan fingerprint density at radius 1 is 1.50 bits per heavy atom. The second kappa shape index (κ2) is 7.53. The molecule has 2 aromatic rings. The number of methoxy groups -OCH3 is 1. The van der Waals surface area contributed by atoms with Gasteiger partial charge >= 0.3 is 6.03 Å². The molecule has 1 N–H and O–H groups in total. The molecule has 1 unspecified atom stereocenters. The normalized spacial score (nSPS) is 17.6. The van der Waals surface area contributed by atoms with Crippen molar-refractivity contribution in [2.45, 2.75) is 25.4 Å². The van der Waals surface area contributed by atoms with E-state index in [2.05, 4.69) is 15.6 Å². The number of benzene rings is 1. The lowest BCUT2D eigenvalue weighted by Crippen LogP contribution is -2.45. The minimum Gasteiger partial charge on any atom is -0.495 e. The Morgan fingerprint density at radius 2 is 2.38 bits per heavy atom. The van der Waals surface area contributed by atoms with Gasteiger partial charge in [-0.05, 0) is 30.5 Å². The van der Waals surface area contributed by atoms with E-state index in [0.717, 1.165) is 24.9 Å². The summed E-state index contributed by atoms with van der Waals surface area (Å²) < 4.78 is 7.02. The monoisotopic (exact) mass is 349 g/mol. The fourth-order valence-electron chi connectivity index (χ4n) is 2.87. The van der Waals surface area contributed by atoms with Gasteiger partial charge in [0.25, 0.3) is 0 Å². The van der Waals surface area contributed by atoms with Crippen LogP contribution < -0.4 is 10.1 Å². The van der Waals surface area contributed by atoms with E-state index in [4.69, 9.17) is 16.3 Å². The Kier molecular flexibility index (Phi) is 5.20. The van der Waals surface area contributed by atoms with Crippen molar-refractivity contribution in [2.24, 2.45) is 0 Å². The van der Waals surface area contributed by atoms with Crippen molar-refractivity contribution in [1.29, 1.82) is 0 Å². The SMILES string of the molecule is COc1cc(CNC(=O)N2CCCC(n3ccnn3)C2)ccc1Cl. The molecule has 128 valence electrons. The lowest BCUT2D eigenvalue weighted by atomic mass is 10.1. The first-order valence-electron chi connectivity index (χ1n) is 7.88. The van der Waals surface area contributed by atoms with Crippen molar-refractivity contribution < 1.29 is 9.53 Å². The maximum atomic E-state index is 12.4. The van der Waals surface area contributed by atoms with Crippen LogP contribution in [0.3, 0.4) is 0 Å². The number of amides is 2. The first-order valence-corrected chi connectivity index (χ1v) is 8.26. The molecule has 3 rings (SSSR count). The van der Waals surface area contributed by atoms with Crippen LogP contribution in [0.25, 0.3) is 0 Å². The second-order valence-corrected chi connectivity index (χ2v) is 6.16. The molecule has 2 amide bonds. The maximum absolute atomic E-state index is 12.4. The smallest absolute Gasteiger partial charge is 0.317 e. The van der Waals surface area contributed by atoms with Gasteiger partial charge in [0.2, 0.25) is 0 Å². The minimum atomic E-state index is -0.0752. The average molecular weight is 350 g/mol. The Morgan fingerprint density at radius 3 is 3.12 bits per heavy atom. The number of aromatic nitrogens is 3. The van der Waals surface area contributed by atoms with Crippen LogP contribution in [0.5, 0.6) is 5.75 Å². The molecule has 0 aliphatic carbocycles. The van der Waals surface area contributed by atoms with E-state index in [9.17, 15) is 4.79 Å². The second-order valence-electron chi connectivity index (χ2n) is 5.75. The Bertz CT molecular complexity index is 692. The summed E-state index contributed by atoms with van der Waals surface area (Å²) in [6.07, 6.45) is 5.45. The van der Waals surface area contributed by atoms with Crippen LogP contribution in [-0.4, -0.2) is 46.1 Å². The molecular formula is C16H20ClN5O2. The molecule has 1 fully saturated rings. The highest BCUT2D eigenvalue weighted by atomic mass is 35.5. The van der Waals surface area contributed by atoms with Crippen molar-refractivity contribution in [3.05, 3.63) is 41.2 Å². The number of rotatable bonds is 4. The summed E-state index contributed by atoms with van der Waals surface area (Å²) in [5, 5.41) is 11.4. The molecule has 0 radical (unpaired) electrons. The molecule has 1 atom stereocenters. The number of carbonyl (C=O) groups excluding carboxylic acids is 1. The van der Waals surface area contributed by atoms with E-state index < -0.39 is 0 Å². The zero-order chi connectivity index (χ0) is 16.9. The molecule has 7 nitrogen and oxygen atoms in total. The largest absolute Gasteiger partial charge is 0.495 e. The fraction of sp³-hybridized carbons (Fsp3) is 0.438. The van der Waals surface area contributed by atoms with Crippen molar-refractivity contribution in [1.82, 2.24) is 25.2 Å². The van der Waals surface area contributed by atoms with Gasteiger partial charge in [-0.15, -0.1) is 5.10 Å². The molecule has 1 aliphatic heterocycles. The Balaban J connectivity index is 1.56. The summed E-state index contributed by atoms with van der Waals surface area (Å²) >= 11 is 6.01. The number of carbonyl (C=O) groups is 1. The van der Waals surface area contributed by atoms with Gasteiger partial charge in [0, 0.05) is 25.8 Å². The van der Waals surface area contributed by atoms with Gasteiger partial charge in [0.05, 0.1) is 24.4 Å². The highest BCUT2D eigenvalue weighted by molar-refractivity contribution is 6.32. The third-order valence-electron chi connectivity index (χ3n) is 4.16. The van der Waals surface area contributed by atoms with Crippen LogP contribution in [0.2, 0.25) is 5.02 Å². The Hall–Kier alpha value is -2.28. The van der Waals surface area contributed by atoms with Crippen LogP contribution in [0, 0.1) is 0 Å². The zero-order valence-corrected chi connectivity index (χ0v) is 14.2. The number of hydrogen-bond donors (Lipinski definition) is 1. The zero-order valence-electron chi connectivity index (χ0n) is 13.5. The summed E-state index contributed by atoms with van der Waals surface area (Å²) in [6.45, 7) is 1.82. The lowest BCUT2D eigenvalue weighted by molar-refractivity contribution is 0.162. The Labute approximate surface area is 145 Å². The standard InChI is InChI=1S/C16H20ClN5O2/c1-24-15-9-12(4-5-14(15)17)10-18-16(23)21-7-2-3-13(11-21)22-8-6-19-20-22/h4-6,8-9,13H,2-3,7,10-11H2,1H3,(H,18,23). The summed E-state index contributed by atoms with van der Waals surface area (Å²) in [5.74, 6) is 0.604. The molecule has 1 aliphatic rings. The number of urea groups is 1. The van der Waals surface area contributed by atoms with Crippen molar-refractivity contribution >= 4 is 17.6 Å². The molecule has 1 aromatic carbocycles. The van der Waals surface area contributed by atoms with Crippen LogP contribution in [0.1, 0.15) is 24.4 Å². The maximum Gasteiger partial charge on any atom is 0.317 e. The number of halogens is 1. The first kappa shape index (κ1) is 16.6. The van der Waals surface area contributed by atoms with Gasteiger partial charge in [0.15, 0.2) is 0 Å². The molecule has 2 heterocycles. The lowest BCUT2D eigenvalue weighted by Gasteiger charge is -2.32.